The standard InChI is InChI=1S/C22H24N2O4/c1-2-28-13-5-3-12(4-6-13)23-18(25)9-10-24-21(26)19-14-7-8-15(17-11-16(14)17)20(19)22(24)27/h3-8,14-17,19-20H,2,9-11H2,1H3,(H,23,25)/t14-,15-,16-,17+,19-,20+/m0/s1. The fourth-order valence-corrected chi connectivity index (χ4v) is 5.48. The molecule has 28 heavy (non-hydrogen) atoms. The van der Waals surface area contributed by atoms with E-state index in [-0.39, 0.29) is 54.4 Å². The van der Waals surface area contributed by atoms with Gasteiger partial charge in [-0.05, 0) is 61.3 Å². The Balaban J connectivity index is 1.20. The second-order valence-electron chi connectivity index (χ2n) is 8.24. The van der Waals surface area contributed by atoms with Crippen molar-refractivity contribution in [3.63, 3.8) is 0 Å². The summed E-state index contributed by atoms with van der Waals surface area (Å²) in [5, 5.41) is 2.82. The Labute approximate surface area is 163 Å². The van der Waals surface area contributed by atoms with Crippen molar-refractivity contribution in [1.29, 1.82) is 0 Å². The average Bonchev–Trinajstić information content (AvgIpc) is 3.47. The second kappa shape index (κ2) is 6.47. The van der Waals surface area contributed by atoms with Gasteiger partial charge in [0.25, 0.3) is 0 Å². The Hall–Kier alpha value is -2.63. The molecule has 1 saturated heterocycles. The lowest BCUT2D eigenvalue weighted by molar-refractivity contribution is -0.140. The molecule has 6 atom stereocenters. The first kappa shape index (κ1) is 17.5. The van der Waals surface area contributed by atoms with Gasteiger partial charge in [0.1, 0.15) is 5.75 Å². The maximum Gasteiger partial charge on any atom is 0.233 e. The van der Waals surface area contributed by atoms with Crippen LogP contribution in [0.1, 0.15) is 19.8 Å². The molecule has 2 saturated carbocycles. The Morgan fingerprint density at radius 1 is 1.07 bits per heavy atom. The van der Waals surface area contributed by atoms with Crippen molar-refractivity contribution in [2.75, 3.05) is 18.5 Å². The number of allylic oxidation sites excluding steroid dienone is 2. The zero-order chi connectivity index (χ0) is 19.4. The summed E-state index contributed by atoms with van der Waals surface area (Å²) in [6, 6.07) is 7.15. The summed E-state index contributed by atoms with van der Waals surface area (Å²) in [7, 11) is 0. The van der Waals surface area contributed by atoms with Crippen molar-refractivity contribution >= 4 is 23.4 Å². The van der Waals surface area contributed by atoms with E-state index in [4.69, 9.17) is 4.74 Å². The first-order valence-corrected chi connectivity index (χ1v) is 10.1. The van der Waals surface area contributed by atoms with Crippen LogP contribution in [0.4, 0.5) is 5.69 Å². The largest absolute Gasteiger partial charge is 0.494 e. The molecule has 1 aromatic carbocycles. The maximum atomic E-state index is 12.9. The molecule has 0 radical (unpaired) electrons. The van der Waals surface area contributed by atoms with E-state index in [0.29, 0.717) is 24.1 Å². The predicted molar refractivity (Wildman–Crippen MR) is 102 cm³/mol. The summed E-state index contributed by atoms with van der Waals surface area (Å²) in [5.41, 5.74) is 0.670. The number of likely N-dealkylation sites (tertiary alicyclic amines) is 1. The molecule has 1 N–H and O–H groups in total. The summed E-state index contributed by atoms with van der Waals surface area (Å²) in [6.45, 7) is 2.66. The van der Waals surface area contributed by atoms with Gasteiger partial charge in [0, 0.05) is 18.7 Å². The third-order valence-corrected chi connectivity index (χ3v) is 6.77. The fourth-order valence-electron chi connectivity index (χ4n) is 5.48. The normalized spacial score (nSPS) is 34.2. The van der Waals surface area contributed by atoms with Crippen LogP contribution in [0.25, 0.3) is 0 Å². The van der Waals surface area contributed by atoms with Crippen molar-refractivity contribution in [1.82, 2.24) is 4.90 Å². The van der Waals surface area contributed by atoms with Crippen LogP contribution in [0.3, 0.4) is 0 Å². The van der Waals surface area contributed by atoms with Gasteiger partial charge in [0.15, 0.2) is 0 Å². The van der Waals surface area contributed by atoms with Gasteiger partial charge < -0.3 is 10.1 Å². The predicted octanol–water partition coefficient (Wildman–Crippen LogP) is 2.47. The number of hydrogen-bond donors (Lipinski definition) is 1. The van der Waals surface area contributed by atoms with Crippen LogP contribution in [0.2, 0.25) is 0 Å². The van der Waals surface area contributed by atoms with Gasteiger partial charge >= 0.3 is 0 Å². The zero-order valence-corrected chi connectivity index (χ0v) is 15.8. The highest BCUT2D eigenvalue weighted by Crippen LogP contribution is 2.65. The molecule has 0 aromatic heterocycles. The Morgan fingerprint density at radius 2 is 1.68 bits per heavy atom. The number of rotatable bonds is 6. The molecule has 1 aromatic rings. The van der Waals surface area contributed by atoms with Crippen LogP contribution < -0.4 is 10.1 Å². The monoisotopic (exact) mass is 380 g/mol. The summed E-state index contributed by atoms with van der Waals surface area (Å²) < 4.78 is 5.38. The van der Waals surface area contributed by atoms with Crippen molar-refractivity contribution < 1.29 is 19.1 Å². The highest BCUT2D eigenvalue weighted by molar-refractivity contribution is 6.06. The quantitative estimate of drug-likeness (QED) is 0.608. The highest BCUT2D eigenvalue weighted by Gasteiger charge is 2.66. The number of nitrogens with zero attached hydrogens (tertiary/aromatic N) is 1. The molecule has 6 nitrogen and oxygen atoms in total. The van der Waals surface area contributed by atoms with Crippen molar-refractivity contribution in [2.24, 2.45) is 35.5 Å². The number of amides is 3. The third-order valence-electron chi connectivity index (χ3n) is 6.77. The highest BCUT2D eigenvalue weighted by atomic mass is 16.5. The van der Waals surface area contributed by atoms with Crippen LogP contribution in [0.15, 0.2) is 36.4 Å². The molecular weight excluding hydrogens is 356 g/mol. The first-order valence-electron chi connectivity index (χ1n) is 10.1. The lowest BCUT2D eigenvalue weighted by Gasteiger charge is -2.37. The number of hydrogen-bond acceptors (Lipinski definition) is 4. The number of ether oxygens (including phenoxy) is 1. The number of imide groups is 1. The molecule has 5 aliphatic rings. The molecule has 1 aliphatic heterocycles. The summed E-state index contributed by atoms with van der Waals surface area (Å²) >= 11 is 0. The van der Waals surface area contributed by atoms with Gasteiger partial charge in [0.2, 0.25) is 17.7 Å². The van der Waals surface area contributed by atoms with Gasteiger partial charge in [-0.2, -0.15) is 0 Å². The third kappa shape index (κ3) is 2.65. The molecule has 3 amide bonds. The topological polar surface area (TPSA) is 75.7 Å². The number of anilines is 1. The fraction of sp³-hybridized carbons (Fsp3) is 0.500. The van der Waals surface area contributed by atoms with Crippen LogP contribution in [-0.4, -0.2) is 35.8 Å². The van der Waals surface area contributed by atoms with Gasteiger partial charge in [-0.15, -0.1) is 0 Å². The van der Waals surface area contributed by atoms with E-state index in [2.05, 4.69) is 17.5 Å². The molecule has 0 spiro atoms. The number of nitrogens with one attached hydrogen (secondary N) is 1. The minimum atomic E-state index is -0.205. The van der Waals surface area contributed by atoms with E-state index < -0.39 is 0 Å². The molecular formula is C22H24N2O4. The molecule has 4 aliphatic carbocycles. The van der Waals surface area contributed by atoms with Crippen LogP contribution in [0, 0.1) is 35.5 Å². The number of carbonyl (C=O) groups is 3. The van der Waals surface area contributed by atoms with Crippen molar-refractivity contribution in [3.05, 3.63) is 36.4 Å². The van der Waals surface area contributed by atoms with Crippen LogP contribution in [0.5, 0.6) is 5.75 Å². The molecule has 6 heteroatoms. The van der Waals surface area contributed by atoms with E-state index in [1.54, 1.807) is 24.3 Å². The van der Waals surface area contributed by atoms with E-state index in [0.717, 1.165) is 12.2 Å². The maximum absolute atomic E-state index is 12.9. The first-order chi connectivity index (χ1) is 13.6. The van der Waals surface area contributed by atoms with Gasteiger partial charge in [-0.1, -0.05) is 12.2 Å². The second-order valence-corrected chi connectivity index (χ2v) is 8.24. The molecule has 0 unspecified atom stereocenters. The van der Waals surface area contributed by atoms with E-state index in [9.17, 15) is 14.4 Å². The van der Waals surface area contributed by atoms with Crippen LogP contribution in [-0.2, 0) is 14.4 Å². The van der Waals surface area contributed by atoms with Gasteiger partial charge in [-0.25, -0.2) is 0 Å². The molecule has 3 fully saturated rings. The van der Waals surface area contributed by atoms with E-state index >= 15 is 0 Å². The van der Waals surface area contributed by atoms with Crippen molar-refractivity contribution in [2.45, 2.75) is 19.8 Å². The average molecular weight is 380 g/mol. The molecule has 6 rings (SSSR count). The molecule has 2 bridgehead atoms. The Bertz CT molecular complexity index is 826. The lowest BCUT2D eigenvalue weighted by atomic mass is 9.63. The number of carbonyl (C=O) groups excluding carboxylic acids is 3. The minimum Gasteiger partial charge on any atom is -0.494 e. The minimum absolute atomic E-state index is 0.0754. The SMILES string of the molecule is CCOc1ccc(NC(=O)CCN2C(=O)[C@@H]3[C@H]4C=C[C@@H]([C@@H]5C[C@H]45)[C@@H]3C2=O)cc1. The van der Waals surface area contributed by atoms with Gasteiger partial charge in [0.05, 0.1) is 18.4 Å². The van der Waals surface area contributed by atoms with Crippen molar-refractivity contribution in [3.8, 4) is 5.75 Å². The summed E-state index contributed by atoms with van der Waals surface area (Å²) in [4.78, 5) is 39.4. The van der Waals surface area contributed by atoms with Crippen LogP contribution >= 0.6 is 0 Å². The lowest BCUT2D eigenvalue weighted by Crippen LogP contribution is -2.40. The summed E-state index contributed by atoms with van der Waals surface area (Å²) in [6.07, 6.45) is 5.58. The number of benzene rings is 1. The smallest absolute Gasteiger partial charge is 0.233 e. The summed E-state index contributed by atoms with van der Waals surface area (Å²) in [5.74, 6) is 1.63. The Kier molecular flexibility index (Phi) is 4.03. The molecule has 1 heterocycles. The zero-order valence-electron chi connectivity index (χ0n) is 15.8. The molecule has 146 valence electrons. The van der Waals surface area contributed by atoms with E-state index in [1.165, 1.54) is 4.90 Å². The van der Waals surface area contributed by atoms with Gasteiger partial charge in [-0.3, -0.25) is 19.3 Å². The Morgan fingerprint density at radius 3 is 2.25 bits per heavy atom. The van der Waals surface area contributed by atoms with E-state index in [1.807, 2.05) is 6.92 Å².